The highest BCUT2D eigenvalue weighted by molar-refractivity contribution is 6.00. The number of ether oxygens (including phenoxy) is 2. The lowest BCUT2D eigenvalue weighted by Gasteiger charge is -2.10. The predicted octanol–water partition coefficient (Wildman–Crippen LogP) is 2.68. The molecule has 0 saturated carbocycles. The fourth-order valence-electron chi connectivity index (χ4n) is 1.83. The average molecular weight is 288 g/mol. The Morgan fingerprint density at radius 1 is 1.14 bits per heavy atom. The molecule has 0 spiro atoms. The molecule has 2 rings (SSSR count). The third-order valence-corrected chi connectivity index (χ3v) is 3.11. The quantitative estimate of drug-likeness (QED) is 0.827. The first-order chi connectivity index (χ1) is 10.0. The van der Waals surface area contributed by atoms with Gasteiger partial charge in [0.15, 0.2) is 6.61 Å². The first-order valence-electron chi connectivity index (χ1n) is 6.34. The first kappa shape index (κ1) is 14.7. The van der Waals surface area contributed by atoms with E-state index in [1.807, 2.05) is 0 Å². The Hall–Kier alpha value is -2.69. The molecule has 2 N–H and O–H groups in total. The number of benzene rings is 2. The summed E-state index contributed by atoms with van der Waals surface area (Å²) in [6.45, 7) is 1.31. The maximum Gasteiger partial charge on any atom is 0.203 e. The van der Waals surface area contributed by atoms with Gasteiger partial charge in [0.05, 0.1) is 12.7 Å². The molecule has 0 aliphatic heterocycles. The number of hydrogen-bond acceptors (Lipinski definition) is 5. The van der Waals surface area contributed by atoms with Crippen LogP contribution in [0.2, 0.25) is 0 Å². The Kier molecular flexibility index (Phi) is 4.33. The highest BCUT2D eigenvalue weighted by atomic mass is 16.5. The minimum Gasteiger partial charge on any atom is -0.508 e. The number of ketones is 1. The fraction of sp³-hybridized carbons (Fsp3) is 0.188. The van der Waals surface area contributed by atoms with E-state index in [9.17, 15) is 15.0 Å². The Bertz CT molecular complexity index is 664. The van der Waals surface area contributed by atoms with Gasteiger partial charge < -0.3 is 19.7 Å². The summed E-state index contributed by atoms with van der Waals surface area (Å²) in [6.07, 6.45) is 0. The third kappa shape index (κ3) is 3.25. The van der Waals surface area contributed by atoms with Crippen molar-refractivity contribution in [2.45, 2.75) is 6.92 Å². The van der Waals surface area contributed by atoms with Crippen LogP contribution in [0.5, 0.6) is 23.0 Å². The summed E-state index contributed by atoms with van der Waals surface area (Å²) < 4.78 is 10.4. The lowest BCUT2D eigenvalue weighted by atomic mass is 10.1. The van der Waals surface area contributed by atoms with Crippen LogP contribution < -0.4 is 9.47 Å². The van der Waals surface area contributed by atoms with Crippen molar-refractivity contribution < 1.29 is 24.5 Å². The summed E-state index contributed by atoms with van der Waals surface area (Å²) in [5.74, 6) is 0.464. The maximum atomic E-state index is 12.1. The van der Waals surface area contributed by atoms with E-state index >= 15 is 0 Å². The first-order valence-corrected chi connectivity index (χ1v) is 6.34. The molecule has 0 aliphatic carbocycles. The van der Waals surface area contributed by atoms with Crippen molar-refractivity contribution in [3.05, 3.63) is 47.5 Å². The molecular weight excluding hydrogens is 272 g/mol. The van der Waals surface area contributed by atoms with E-state index in [1.54, 1.807) is 31.4 Å². The van der Waals surface area contributed by atoms with Crippen LogP contribution in [-0.2, 0) is 0 Å². The second kappa shape index (κ2) is 6.17. The van der Waals surface area contributed by atoms with E-state index in [-0.39, 0.29) is 35.0 Å². The van der Waals surface area contributed by atoms with Crippen molar-refractivity contribution in [3.8, 4) is 23.0 Å². The smallest absolute Gasteiger partial charge is 0.203 e. The minimum absolute atomic E-state index is 0.0576. The molecule has 5 nitrogen and oxygen atoms in total. The van der Waals surface area contributed by atoms with Crippen molar-refractivity contribution in [1.82, 2.24) is 0 Å². The number of phenolic OH excluding ortho intramolecular Hbond substituents is 2. The largest absolute Gasteiger partial charge is 0.508 e. The van der Waals surface area contributed by atoms with Crippen LogP contribution >= 0.6 is 0 Å². The fourth-order valence-corrected chi connectivity index (χ4v) is 1.83. The lowest BCUT2D eigenvalue weighted by molar-refractivity contribution is 0.0918. The molecule has 5 heteroatoms. The van der Waals surface area contributed by atoms with Crippen molar-refractivity contribution in [1.29, 1.82) is 0 Å². The van der Waals surface area contributed by atoms with Crippen LogP contribution in [0, 0.1) is 6.92 Å². The molecule has 21 heavy (non-hydrogen) atoms. The number of phenols is 2. The number of carbonyl (C=O) groups is 1. The average Bonchev–Trinajstić information content (AvgIpc) is 2.50. The van der Waals surface area contributed by atoms with Crippen LogP contribution in [0.4, 0.5) is 0 Å². The van der Waals surface area contributed by atoms with Crippen molar-refractivity contribution in [3.63, 3.8) is 0 Å². The molecule has 0 amide bonds. The van der Waals surface area contributed by atoms with E-state index in [0.29, 0.717) is 11.5 Å². The molecule has 0 saturated heterocycles. The number of rotatable bonds is 5. The van der Waals surface area contributed by atoms with E-state index < -0.39 is 0 Å². The van der Waals surface area contributed by atoms with Crippen LogP contribution in [0.15, 0.2) is 36.4 Å². The van der Waals surface area contributed by atoms with Crippen molar-refractivity contribution in [2.24, 2.45) is 0 Å². The van der Waals surface area contributed by atoms with Gasteiger partial charge in [-0.2, -0.15) is 0 Å². The number of hydrogen-bond donors (Lipinski definition) is 2. The van der Waals surface area contributed by atoms with E-state index in [2.05, 4.69) is 0 Å². The Balaban J connectivity index is 2.10. The van der Waals surface area contributed by atoms with Gasteiger partial charge in [-0.05, 0) is 31.2 Å². The summed E-state index contributed by atoms with van der Waals surface area (Å²) in [4.78, 5) is 12.1. The number of Topliss-reactive ketones (excluding diaryl/α,β-unsaturated/α-hetero) is 1. The Morgan fingerprint density at radius 3 is 2.57 bits per heavy atom. The molecule has 2 aromatic rings. The molecule has 0 unspecified atom stereocenters. The summed E-state index contributed by atoms with van der Waals surface area (Å²) in [6, 6.07) is 9.63. The standard InChI is InChI=1S/C16H16O5/c1-10-14(17)7-6-13(16(10)19)15(18)9-21-12-5-3-4-11(8-12)20-2/h3-8,17,19H,9H2,1-2H3. The second-order valence-electron chi connectivity index (χ2n) is 4.50. The van der Waals surface area contributed by atoms with Crippen LogP contribution in [0.1, 0.15) is 15.9 Å². The SMILES string of the molecule is COc1cccc(OCC(=O)c2ccc(O)c(C)c2O)c1. The zero-order chi connectivity index (χ0) is 15.4. The zero-order valence-corrected chi connectivity index (χ0v) is 11.8. The van der Waals surface area contributed by atoms with Crippen LogP contribution in [0.25, 0.3) is 0 Å². The molecule has 0 radical (unpaired) electrons. The Labute approximate surface area is 122 Å². The molecule has 2 aromatic carbocycles. The van der Waals surface area contributed by atoms with Crippen LogP contribution in [0.3, 0.4) is 0 Å². The Morgan fingerprint density at radius 2 is 1.86 bits per heavy atom. The molecule has 0 bridgehead atoms. The molecular formula is C16H16O5. The topological polar surface area (TPSA) is 76.0 Å². The van der Waals surface area contributed by atoms with Crippen molar-refractivity contribution >= 4 is 5.78 Å². The van der Waals surface area contributed by atoms with Gasteiger partial charge in [-0.25, -0.2) is 0 Å². The molecule has 0 aliphatic rings. The molecule has 0 heterocycles. The highest BCUT2D eigenvalue weighted by Crippen LogP contribution is 2.29. The minimum atomic E-state index is -0.376. The van der Waals surface area contributed by atoms with Gasteiger partial charge in [0.1, 0.15) is 23.0 Å². The summed E-state index contributed by atoms with van der Waals surface area (Å²) in [5, 5.41) is 19.3. The summed E-state index contributed by atoms with van der Waals surface area (Å²) in [7, 11) is 1.54. The number of methoxy groups -OCH3 is 1. The predicted molar refractivity (Wildman–Crippen MR) is 77.3 cm³/mol. The van der Waals surface area contributed by atoms with E-state index in [4.69, 9.17) is 9.47 Å². The van der Waals surface area contributed by atoms with Gasteiger partial charge in [-0.3, -0.25) is 4.79 Å². The molecule has 110 valence electrons. The normalized spacial score (nSPS) is 10.2. The van der Waals surface area contributed by atoms with Gasteiger partial charge in [0.25, 0.3) is 0 Å². The van der Waals surface area contributed by atoms with E-state index in [0.717, 1.165) is 0 Å². The maximum absolute atomic E-state index is 12.1. The monoisotopic (exact) mass is 288 g/mol. The van der Waals surface area contributed by atoms with Gasteiger partial charge in [-0.15, -0.1) is 0 Å². The van der Waals surface area contributed by atoms with Gasteiger partial charge in [-0.1, -0.05) is 6.07 Å². The van der Waals surface area contributed by atoms with Gasteiger partial charge >= 0.3 is 0 Å². The summed E-state index contributed by atoms with van der Waals surface area (Å²) >= 11 is 0. The molecule has 0 aromatic heterocycles. The number of aromatic hydroxyl groups is 2. The molecule has 0 atom stereocenters. The third-order valence-electron chi connectivity index (χ3n) is 3.11. The van der Waals surface area contributed by atoms with Gasteiger partial charge in [0.2, 0.25) is 5.78 Å². The van der Waals surface area contributed by atoms with Gasteiger partial charge in [0, 0.05) is 11.6 Å². The second-order valence-corrected chi connectivity index (χ2v) is 4.50. The zero-order valence-electron chi connectivity index (χ0n) is 11.8. The molecule has 0 fully saturated rings. The van der Waals surface area contributed by atoms with Crippen LogP contribution in [-0.4, -0.2) is 29.7 Å². The summed E-state index contributed by atoms with van der Waals surface area (Å²) in [5.41, 5.74) is 0.385. The highest BCUT2D eigenvalue weighted by Gasteiger charge is 2.15. The lowest BCUT2D eigenvalue weighted by Crippen LogP contribution is -2.12. The van der Waals surface area contributed by atoms with Crippen molar-refractivity contribution in [2.75, 3.05) is 13.7 Å². The van der Waals surface area contributed by atoms with E-state index in [1.165, 1.54) is 19.1 Å². The number of carbonyl (C=O) groups excluding carboxylic acids is 1.